The fraction of sp³-hybridized carbons (Fsp3) is 0.174. The number of carbonyl (C=O) groups is 3. The van der Waals surface area contributed by atoms with Crippen LogP contribution in [0, 0.1) is 6.92 Å². The molecule has 0 aliphatic rings. The van der Waals surface area contributed by atoms with Crippen molar-refractivity contribution in [2.24, 2.45) is 0 Å². The summed E-state index contributed by atoms with van der Waals surface area (Å²) in [6, 6.07) is 18.5. The highest BCUT2D eigenvalue weighted by Crippen LogP contribution is 2.34. The minimum absolute atomic E-state index is 0.194. The van der Waals surface area contributed by atoms with E-state index < -0.39 is 5.97 Å². The van der Waals surface area contributed by atoms with Gasteiger partial charge >= 0.3 is 5.97 Å². The van der Waals surface area contributed by atoms with E-state index in [-0.39, 0.29) is 17.4 Å². The normalized spacial score (nSPS) is 10.3. The molecule has 6 nitrogen and oxygen atoms in total. The fourth-order valence-electron chi connectivity index (χ4n) is 2.98. The standard InChI is InChI=1S/C23H22N2O4S/c1-15-18(23(28)29-2)22(25-20(26)17-11-7-4-8-12-17)30-19(15)21(27)24-14-13-16-9-5-3-6-10-16/h3-12H,13-14H2,1-2H3,(H,24,27)(H,25,26). The van der Waals surface area contributed by atoms with Crippen LogP contribution in [-0.2, 0) is 11.2 Å². The first-order valence-corrected chi connectivity index (χ1v) is 10.2. The summed E-state index contributed by atoms with van der Waals surface area (Å²) in [4.78, 5) is 37.9. The quantitative estimate of drug-likeness (QED) is 0.562. The van der Waals surface area contributed by atoms with Gasteiger partial charge in [-0.1, -0.05) is 48.5 Å². The molecule has 0 atom stereocenters. The molecule has 0 aliphatic heterocycles. The van der Waals surface area contributed by atoms with Crippen LogP contribution in [0.4, 0.5) is 5.00 Å². The Bertz CT molecular complexity index is 1050. The van der Waals surface area contributed by atoms with Crippen molar-refractivity contribution in [3.63, 3.8) is 0 Å². The van der Waals surface area contributed by atoms with Gasteiger partial charge in [-0.3, -0.25) is 9.59 Å². The number of anilines is 1. The van der Waals surface area contributed by atoms with Crippen LogP contribution in [0.25, 0.3) is 0 Å². The Balaban J connectivity index is 1.78. The number of carbonyl (C=O) groups excluding carboxylic acids is 3. The van der Waals surface area contributed by atoms with Gasteiger partial charge in [-0.15, -0.1) is 11.3 Å². The second-order valence-corrected chi connectivity index (χ2v) is 7.58. The summed E-state index contributed by atoms with van der Waals surface area (Å²) in [7, 11) is 1.27. The van der Waals surface area contributed by atoms with E-state index in [4.69, 9.17) is 4.74 Å². The van der Waals surface area contributed by atoms with Gasteiger partial charge in [-0.05, 0) is 36.6 Å². The van der Waals surface area contributed by atoms with E-state index >= 15 is 0 Å². The maximum Gasteiger partial charge on any atom is 0.341 e. The summed E-state index contributed by atoms with van der Waals surface area (Å²) in [5.74, 6) is -1.26. The second-order valence-electron chi connectivity index (χ2n) is 6.56. The lowest BCUT2D eigenvalue weighted by atomic mass is 10.1. The van der Waals surface area contributed by atoms with Gasteiger partial charge in [-0.25, -0.2) is 4.79 Å². The average Bonchev–Trinajstić information content (AvgIpc) is 3.10. The summed E-state index contributed by atoms with van der Waals surface area (Å²) in [5, 5.41) is 5.91. The number of amides is 2. The van der Waals surface area contributed by atoms with Crippen molar-refractivity contribution in [1.29, 1.82) is 0 Å². The third kappa shape index (κ3) is 4.93. The molecule has 0 fully saturated rings. The maximum absolute atomic E-state index is 12.7. The minimum atomic E-state index is -0.601. The molecule has 30 heavy (non-hydrogen) atoms. The highest BCUT2D eigenvalue weighted by molar-refractivity contribution is 7.18. The van der Waals surface area contributed by atoms with Gasteiger partial charge in [0.25, 0.3) is 11.8 Å². The van der Waals surface area contributed by atoms with Crippen LogP contribution in [0.2, 0.25) is 0 Å². The van der Waals surface area contributed by atoms with E-state index in [0.29, 0.717) is 34.0 Å². The van der Waals surface area contributed by atoms with Crippen LogP contribution < -0.4 is 10.6 Å². The molecular weight excluding hydrogens is 400 g/mol. The maximum atomic E-state index is 12.7. The van der Waals surface area contributed by atoms with E-state index in [9.17, 15) is 14.4 Å². The Morgan fingerprint density at radius 3 is 2.20 bits per heavy atom. The topological polar surface area (TPSA) is 84.5 Å². The molecule has 0 radical (unpaired) electrons. The van der Waals surface area contributed by atoms with Gasteiger partial charge in [0.05, 0.1) is 17.6 Å². The molecule has 0 saturated heterocycles. The van der Waals surface area contributed by atoms with Crippen molar-refractivity contribution >= 4 is 34.1 Å². The Morgan fingerprint density at radius 2 is 1.57 bits per heavy atom. The van der Waals surface area contributed by atoms with Crippen molar-refractivity contribution in [2.75, 3.05) is 19.0 Å². The number of rotatable bonds is 7. The summed E-state index contributed by atoms with van der Waals surface area (Å²) in [6.07, 6.45) is 0.693. The summed E-state index contributed by atoms with van der Waals surface area (Å²) in [5.41, 5.74) is 2.24. The van der Waals surface area contributed by atoms with Gasteiger partial charge < -0.3 is 15.4 Å². The van der Waals surface area contributed by atoms with E-state index in [0.717, 1.165) is 16.9 Å². The highest BCUT2D eigenvalue weighted by atomic mass is 32.1. The number of ether oxygens (including phenoxy) is 1. The van der Waals surface area contributed by atoms with Gasteiger partial charge in [0.15, 0.2) is 0 Å². The van der Waals surface area contributed by atoms with E-state index in [1.54, 1.807) is 31.2 Å². The molecule has 0 spiro atoms. The third-order valence-electron chi connectivity index (χ3n) is 4.55. The molecule has 1 heterocycles. The molecular formula is C23H22N2O4S. The molecule has 154 valence electrons. The van der Waals surface area contributed by atoms with Crippen LogP contribution in [-0.4, -0.2) is 31.4 Å². The van der Waals surface area contributed by atoms with Gasteiger partial charge in [-0.2, -0.15) is 0 Å². The zero-order chi connectivity index (χ0) is 21.5. The van der Waals surface area contributed by atoms with Crippen molar-refractivity contribution in [2.45, 2.75) is 13.3 Å². The van der Waals surface area contributed by atoms with Crippen molar-refractivity contribution in [1.82, 2.24) is 5.32 Å². The zero-order valence-electron chi connectivity index (χ0n) is 16.7. The molecule has 2 amide bonds. The fourth-order valence-corrected chi connectivity index (χ4v) is 4.08. The minimum Gasteiger partial charge on any atom is -0.465 e. The van der Waals surface area contributed by atoms with Crippen molar-refractivity contribution in [3.8, 4) is 0 Å². The van der Waals surface area contributed by atoms with Gasteiger partial charge in [0.2, 0.25) is 0 Å². The molecule has 3 rings (SSSR count). The summed E-state index contributed by atoms with van der Waals surface area (Å²) < 4.78 is 4.86. The summed E-state index contributed by atoms with van der Waals surface area (Å²) >= 11 is 1.06. The number of methoxy groups -OCH3 is 1. The SMILES string of the molecule is COC(=O)c1c(NC(=O)c2ccccc2)sc(C(=O)NCCc2ccccc2)c1C. The molecule has 1 aromatic heterocycles. The van der Waals surface area contributed by atoms with Gasteiger partial charge in [0.1, 0.15) is 5.00 Å². The van der Waals surface area contributed by atoms with Crippen LogP contribution >= 0.6 is 11.3 Å². The molecule has 0 saturated carbocycles. The smallest absolute Gasteiger partial charge is 0.341 e. The molecule has 2 aromatic carbocycles. The number of hydrogen-bond acceptors (Lipinski definition) is 5. The number of nitrogens with one attached hydrogen (secondary N) is 2. The second kappa shape index (κ2) is 9.84. The Kier molecular flexibility index (Phi) is 6.98. The Morgan fingerprint density at radius 1 is 0.933 bits per heavy atom. The third-order valence-corrected chi connectivity index (χ3v) is 5.75. The average molecular weight is 423 g/mol. The lowest BCUT2D eigenvalue weighted by Crippen LogP contribution is -2.25. The number of esters is 1. The zero-order valence-corrected chi connectivity index (χ0v) is 17.5. The van der Waals surface area contributed by atoms with Crippen LogP contribution in [0.15, 0.2) is 60.7 Å². The summed E-state index contributed by atoms with van der Waals surface area (Å²) in [6.45, 7) is 2.13. The van der Waals surface area contributed by atoms with E-state index in [1.807, 2.05) is 36.4 Å². The first-order chi connectivity index (χ1) is 14.5. The van der Waals surface area contributed by atoms with Gasteiger partial charge in [0, 0.05) is 12.1 Å². The van der Waals surface area contributed by atoms with Crippen molar-refractivity contribution in [3.05, 3.63) is 87.8 Å². The number of benzene rings is 2. The van der Waals surface area contributed by atoms with Crippen LogP contribution in [0.5, 0.6) is 0 Å². The highest BCUT2D eigenvalue weighted by Gasteiger charge is 2.26. The van der Waals surface area contributed by atoms with Crippen LogP contribution in [0.1, 0.15) is 41.5 Å². The Hall–Kier alpha value is -3.45. The predicted molar refractivity (Wildman–Crippen MR) is 117 cm³/mol. The van der Waals surface area contributed by atoms with E-state index in [1.165, 1.54) is 7.11 Å². The lowest BCUT2D eigenvalue weighted by Gasteiger charge is -2.06. The number of hydrogen-bond donors (Lipinski definition) is 2. The first-order valence-electron chi connectivity index (χ1n) is 9.41. The first kappa shape index (κ1) is 21.3. The molecule has 3 aromatic rings. The van der Waals surface area contributed by atoms with Crippen LogP contribution in [0.3, 0.4) is 0 Å². The molecule has 0 aliphatic carbocycles. The van der Waals surface area contributed by atoms with Crippen molar-refractivity contribution < 1.29 is 19.1 Å². The lowest BCUT2D eigenvalue weighted by molar-refractivity contribution is 0.0601. The molecule has 2 N–H and O–H groups in total. The molecule has 7 heteroatoms. The predicted octanol–water partition coefficient (Wildman–Crippen LogP) is 4.07. The monoisotopic (exact) mass is 422 g/mol. The number of thiophene rings is 1. The van der Waals surface area contributed by atoms with E-state index in [2.05, 4.69) is 10.6 Å². The molecule has 0 unspecified atom stereocenters. The largest absolute Gasteiger partial charge is 0.465 e. The Labute approximate surface area is 178 Å². The molecule has 0 bridgehead atoms.